The number of aliphatic hydroxyl groups is 3. The summed E-state index contributed by atoms with van der Waals surface area (Å²) >= 11 is 2.02. The number of carbonyl (C=O) groups is 1. The number of halogens is 1. The van der Waals surface area contributed by atoms with Gasteiger partial charge in [0, 0.05) is 3.92 Å². The van der Waals surface area contributed by atoms with Crippen LogP contribution in [0.15, 0.2) is 12.2 Å². The Balaban J connectivity index is 1.58. The van der Waals surface area contributed by atoms with Crippen molar-refractivity contribution in [1.29, 1.82) is 0 Å². The van der Waals surface area contributed by atoms with Crippen LogP contribution in [0.2, 0.25) is 0 Å². The first kappa shape index (κ1) is 27.8. The molecule has 0 amide bonds. The summed E-state index contributed by atoms with van der Waals surface area (Å²) in [6.07, 6.45) is 5.13. The Morgan fingerprint density at radius 3 is 2.29 bits per heavy atom. The van der Waals surface area contributed by atoms with Gasteiger partial charge < -0.3 is 20.1 Å². The van der Waals surface area contributed by atoms with Crippen LogP contribution in [0, 0.1) is 33.0 Å². The molecule has 200 valence electrons. The zero-order valence-corrected chi connectivity index (χ0v) is 24.7. The van der Waals surface area contributed by atoms with E-state index in [2.05, 4.69) is 34.3 Å². The first-order valence-corrected chi connectivity index (χ1v) is 14.9. The molecule has 35 heavy (non-hydrogen) atoms. The van der Waals surface area contributed by atoms with Crippen molar-refractivity contribution in [3.63, 3.8) is 0 Å². The van der Waals surface area contributed by atoms with Crippen LogP contribution in [0.1, 0.15) is 99.3 Å². The molecule has 4 fully saturated rings. The van der Waals surface area contributed by atoms with E-state index in [1.165, 1.54) is 24.8 Å². The maximum absolute atomic E-state index is 13.9. The maximum Gasteiger partial charge on any atom is 0.312 e. The molecule has 3 N–H and O–H groups in total. The monoisotopic (exact) mass is 602 g/mol. The number of ether oxygens (including phenoxy) is 1. The van der Waals surface area contributed by atoms with Crippen molar-refractivity contribution >= 4 is 28.6 Å². The molecule has 4 aliphatic carbocycles. The van der Waals surface area contributed by atoms with Gasteiger partial charge in [0.25, 0.3) is 0 Å². The second-order valence-corrected chi connectivity index (χ2v) is 15.6. The zero-order valence-electron chi connectivity index (χ0n) is 22.6. The minimum atomic E-state index is -1.37. The third kappa shape index (κ3) is 3.89. The van der Waals surface area contributed by atoms with E-state index in [1.54, 1.807) is 13.8 Å². The fraction of sp³-hybridized carbons (Fsp3) is 0.897. The lowest BCUT2D eigenvalue weighted by Gasteiger charge is -2.69. The van der Waals surface area contributed by atoms with Gasteiger partial charge in [-0.2, -0.15) is 0 Å². The van der Waals surface area contributed by atoms with Crippen molar-refractivity contribution < 1.29 is 24.9 Å². The smallest absolute Gasteiger partial charge is 0.312 e. The van der Waals surface area contributed by atoms with Gasteiger partial charge >= 0.3 is 5.97 Å². The van der Waals surface area contributed by atoms with Crippen LogP contribution < -0.4 is 0 Å². The van der Waals surface area contributed by atoms with E-state index in [-0.39, 0.29) is 26.1 Å². The fourth-order valence-electron chi connectivity index (χ4n) is 9.29. The first-order chi connectivity index (χ1) is 16.1. The van der Waals surface area contributed by atoms with Gasteiger partial charge in [0.05, 0.1) is 11.5 Å². The Morgan fingerprint density at radius 2 is 1.66 bits per heavy atom. The number of allylic oxidation sites excluding steroid dienone is 1. The summed E-state index contributed by atoms with van der Waals surface area (Å²) in [7, 11) is 0. The summed E-state index contributed by atoms with van der Waals surface area (Å²) in [6, 6.07) is 0. The zero-order chi connectivity index (χ0) is 26.2. The highest BCUT2D eigenvalue weighted by Gasteiger charge is 2.71. The van der Waals surface area contributed by atoms with Crippen LogP contribution in [-0.4, -0.2) is 49.6 Å². The predicted molar refractivity (Wildman–Crippen MR) is 146 cm³/mol. The summed E-state index contributed by atoms with van der Waals surface area (Å²) in [5.41, 5.74) is 1.21. The van der Waals surface area contributed by atoms with Crippen molar-refractivity contribution in [2.45, 2.75) is 128 Å². The van der Waals surface area contributed by atoms with Gasteiger partial charge in [-0.15, -0.1) is 0 Å². The minimum absolute atomic E-state index is 0.0391. The van der Waals surface area contributed by atoms with E-state index >= 15 is 0 Å². The molecular formula is C29H47IO5. The van der Waals surface area contributed by atoms with Crippen molar-refractivity contribution in [2.75, 3.05) is 0 Å². The molecule has 0 heterocycles. The lowest BCUT2D eigenvalue weighted by Crippen LogP contribution is -2.65. The number of aliphatic hydroxyl groups excluding tert-OH is 3. The van der Waals surface area contributed by atoms with Crippen molar-refractivity contribution in [2.24, 2.45) is 33.0 Å². The summed E-state index contributed by atoms with van der Waals surface area (Å²) in [5, 5.41) is 31.3. The van der Waals surface area contributed by atoms with Crippen molar-refractivity contribution in [3.8, 4) is 0 Å². The Kier molecular flexibility index (Phi) is 7.12. The number of hydrogen-bond acceptors (Lipinski definition) is 5. The second-order valence-electron chi connectivity index (χ2n) is 13.7. The van der Waals surface area contributed by atoms with Gasteiger partial charge in [-0.05, 0) is 92.8 Å². The van der Waals surface area contributed by atoms with Crippen LogP contribution in [-0.2, 0) is 9.53 Å². The van der Waals surface area contributed by atoms with Crippen LogP contribution >= 0.6 is 22.6 Å². The fourth-order valence-corrected chi connectivity index (χ4v) is 9.71. The largest absolute Gasteiger partial charge is 0.459 e. The number of rotatable bonds is 6. The van der Waals surface area contributed by atoms with E-state index in [0.717, 1.165) is 38.5 Å². The number of carbonyl (C=O) groups excluding carboxylic acids is 1. The van der Waals surface area contributed by atoms with Crippen LogP contribution in [0.4, 0.5) is 0 Å². The molecule has 2 bridgehead atoms. The molecule has 11 atom stereocenters. The lowest BCUT2D eigenvalue weighted by molar-refractivity contribution is -0.229. The molecule has 0 aromatic rings. The molecule has 4 aliphatic rings. The van der Waals surface area contributed by atoms with Crippen molar-refractivity contribution in [3.05, 3.63) is 12.2 Å². The highest BCUT2D eigenvalue weighted by molar-refractivity contribution is 14.1. The summed E-state index contributed by atoms with van der Waals surface area (Å²) in [5.74, 6) is 0.313. The molecular weight excluding hydrogens is 555 g/mol. The molecule has 0 aliphatic heterocycles. The first-order valence-electron chi connectivity index (χ1n) is 13.6. The average Bonchev–Trinajstić information content (AvgIpc) is 2.97. The molecule has 0 saturated heterocycles. The molecule has 4 rings (SSSR count). The third-order valence-corrected chi connectivity index (χ3v) is 12.8. The standard InChI is InChI=1S/C29H47IO5/c1-17-15-29-14-13-28(7)26(5,20(29)9-12-25(17,4)16-29)10-8-11-27(28,6)24(34)35-19(3)22(32)23(33)21(31)18(2)30/h18-23,31-33H,1,8-16H2,2-7H3/t18-,19?,20+,21-,22?,23?,25-,26+,27+,28?,29-/m1/s1. The van der Waals surface area contributed by atoms with Gasteiger partial charge in [0.15, 0.2) is 0 Å². The number of alkyl halides is 1. The molecule has 0 aromatic heterocycles. The molecule has 1 spiro atoms. The van der Waals surface area contributed by atoms with E-state index < -0.39 is 29.8 Å². The topological polar surface area (TPSA) is 87.0 Å². The quantitative estimate of drug-likeness (QED) is 0.160. The van der Waals surface area contributed by atoms with Gasteiger partial charge in [-0.1, -0.05) is 68.9 Å². The van der Waals surface area contributed by atoms with E-state index in [0.29, 0.717) is 11.3 Å². The number of hydrogen-bond donors (Lipinski definition) is 3. The van der Waals surface area contributed by atoms with Crippen LogP contribution in [0.5, 0.6) is 0 Å². The van der Waals surface area contributed by atoms with E-state index in [9.17, 15) is 20.1 Å². The summed E-state index contributed by atoms with van der Waals surface area (Å²) in [4.78, 5) is 13.9. The molecule has 4 saturated carbocycles. The lowest BCUT2D eigenvalue weighted by atomic mass is 9.34. The molecule has 6 heteroatoms. The Labute approximate surface area is 225 Å². The van der Waals surface area contributed by atoms with Gasteiger partial charge in [-0.3, -0.25) is 4.79 Å². The third-order valence-electron chi connectivity index (χ3n) is 12.0. The Morgan fingerprint density at radius 1 is 1.00 bits per heavy atom. The normalized spacial score (nSPS) is 47.1. The van der Waals surface area contributed by atoms with Gasteiger partial charge in [0.1, 0.15) is 18.3 Å². The molecule has 0 radical (unpaired) electrons. The van der Waals surface area contributed by atoms with Crippen molar-refractivity contribution in [1.82, 2.24) is 0 Å². The van der Waals surface area contributed by atoms with E-state index in [4.69, 9.17) is 4.74 Å². The number of esters is 1. The predicted octanol–water partition coefficient (Wildman–Crippen LogP) is 5.57. The van der Waals surface area contributed by atoms with Crippen LogP contribution in [0.25, 0.3) is 0 Å². The van der Waals surface area contributed by atoms with E-state index in [1.807, 2.05) is 22.6 Å². The SMILES string of the molecule is C=C1C[C@@]23CCC4(C)[C@](C)(C(=O)OC(C)C(O)C(O)[C@H](O)[C@@H](C)I)CCC[C@@]4(C)[C@@H]2CC[C@]1(C)C3. The average molecular weight is 603 g/mol. The Hall–Kier alpha value is -0.180. The van der Waals surface area contributed by atoms with Gasteiger partial charge in [0.2, 0.25) is 0 Å². The highest BCUT2D eigenvalue weighted by Crippen LogP contribution is 2.78. The highest BCUT2D eigenvalue weighted by atomic mass is 127. The molecule has 4 unspecified atom stereocenters. The summed E-state index contributed by atoms with van der Waals surface area (Å²) in [6.45, 7) is 17.2. The molecule has 0 aromatic carbocycles. The van der Waals surface area contributed by atoms with Crippen LogP contribution in [0.3, 0.4) is 0 Å². The number of fused-ring (bicyclic) bond motifs is 3. The molecule has 5 nitrogen and oxygen atoms in total. The Bertz CT molecular complexity index is 875. The summed E-state index contributed by atoms with van der Waals surface area (Å²) < 4.78 is 5.68. The minimum Gasteiger partial charge on any atom is -0.459 e. The van der Waals surface area contributed by atoms with Gasteiger partial charge in [-0.25, -0.2) is 0 Å². The maximum atomic E-state index is 13.9. The second kappa shape index (κ2) is 8.94.